The summed E-state index contributed by atoms with van der Waals surface area (Å²) < 4.78 is 0. The Morgan fingerprint density at radius 3 is 2.06 bits per heavy atom. The Bertz CT molecular complexity index is 221. The highest BCUT2D eigenvalue weighted by Crippen LogP contribution is 1.99. The van der Waals surface area contributed by atoms with E-state index < -0.39 is 29.7 Å². The van der Waals surface area contributed by atoms with Crippen LogP contribution in [0.5, 0.6) is 0 Å². The number of rotatable bonds is 7. The normalized spacial score (nSPS) is 13.2. The largest absolute Gasteiger partial charge is 0.481 e. The lowest BCUT2D eigenvalue weighted by Gasteiger charge is -2.02. The monoisotopic (exact) mass is 268 g/mol. The molecule has 0 aromatic carbocycles. The van der Waals surface area contributed by atoms with Crippen LogP contribution < -0.4 is 0 Å². The molecule has 0 aliphatic heterocycles. The fourth-order valence-corrected chi connectivity index (χ4v) is 0.940. The Hall–Kier alpha value is -0.790. The maximum absolute atomic E-state index is 9.90. The molecule has 0 radical (unpaired) electrons. The van der Waals surface area contributed by atoms with Gasteiger partial charge in [0.25, 0.3) is 0 Å². The van der Waals surface area contributed by atoms with Crippen molar-refractivity contribution in [2.75, 3.05) is 6.61 Å². The van der Waals surface area contributed by atoms with Crippen molar-refractivity contribution >= 4 is 24.6 Å². The molecule has 0 amide bonds. The van der Waals surface area contributed by atoms with Crippen LogP contribution in [0.1, 0.15) is 32.6 Å². The molecule has 2 atom stereocenters. The van der Waals surface area contributed by atoms with Gasteiger partial charge in [-0.25, -0.2) is 0 Å². The summed E-state index contributed by atoms with van der Waals surface area (Å²) >= 11 is 3.48. The van der Waals surface area contributed by atoms with Gasteiger partial charge in [0.15, 0.2) is 0 Å². The molecule has 0 bridgehead atoms. The highest BCUT2D eigenvalue weighted by Gasteiger charge is 2.15. The molecule has 0 aromatic heterocycles. The zero-order valence-corrected chi connectivity index (χ0v) is 10.6. The summed E-state index contributed by atoms with van der Waals surface area (Å²) in [5, 5.41) is 32.1. The van der Waals surface area contributed by atoms with Crippen molar-refractivity contribution in [3.05, 3.63) is 0 Å². The van der Waals surface area contributed by atoms with E-state index in [4.69, 9.17) is 20.4 Å². The molecule has 7 heteroatoms. The molecule has 0 rings (SSSR count). The number of thiol groups is 1. The number of hydrogen-bond donors (Lipinski definition) is 5. The summed E-state index contributed by atoms with van der Waals surface area (Å²) in [6.07, 6.45) is 1.87. The van der Waals surface area contributed by atoms with Crippen molar-refractivity contribution in [1.29, 1.82) is 0 Å². The predicted octanol–water partition coefficient (Wildman–Crippen LogP) is 0.374. The van der Waals surface area contributed by atoms with E-state index in [-0.39, 0.29) is 6.61 Å². The molecule has 0 saturated heterocycles. The summed E-state index contributed by atoms with van der Waals surface area (Å²) in [6.45, 7) is 1.96. The van der Waals surface area contributed by atoms with Crippen molar-refractivity contribution < 1.29 is 30.0 Å². The van der Waals surface area contributed by atoms with Gasteiger partial charge < -0.3 is 20.4 Å². The third-order valence-corrected chi connectivity index (χ3v) is 2.16. The lowest BCUT2D eigenvalue weighted by Crippen LogP contribution is -2.17. The molecular weight excluding hydrogens is 248 g/mol. The van der Waals surface area contributed by atoms with Crippen LogP contribution in [0.4, 0.5) is 0 Å². The van der Waals surface area contributed by atoms with Crippen LogP contribution in [0, 0.1) is 0 Å². The van der Waals surface area contributed by atoms with Crippen molar-refractivity contribution in [2.24, 2.45) is 0 Å². The van der Waals surface area contributed by atoms with Gasteiger partial charge in [-0.1, -0.05) is 19.8 Å². The highest BCUT2D eigenvalue weighted by molar-refractivity contribution is 7.81. The van der Waals surface area contributed by atoms with E-state index in [1.807, 2.05) is 0 Å². The Morgan fingerprint density at radius 2 is 1.82 bits per heavy atom. The second-order valence-corrected chi connectivity index (χ2v) is 4.05. The quantitative estimate of drug-likeness (QED) is 0.426. The average molecular weight is 268 g/mol. The van der Waals surface area contributed by atoms with Crippen LogP contribution in [0.3, 0.4) is 0 Å². The minimum atomic E-state index is -1.21. The fraction of sp³-hybridized carbons (Fsp3) is 0.800. The fourth-order valence-electron chi connectivity index (χ4n) is 0.784. The summed E-state index contributed by atoms with van der Waals surface area (Å²) in [5.41, 5.74) is 0. The molecular formula is C10H20O6S. The molecule has 4 N–H and O–H groups in total. The number of aliphatic carboxylic acids is 2. The van der Waals surface area contributed by atoms with Gasteiger partial charge in [0.2, 0.25) is 0 Å². The van der Waals surface area contributed by atoms with Gasteiger partial charge in [-0.2, -0.15) is 12.6 Å². The number of aliphatic hydroxyl groups excluding tert-OH is 2. The van der Waals surface area contributed by atoms with Crippen molar-refractivity contribution in [3.8, 4) is 0 Å². The van der Waals surface area contributed by atoms with Crippen LogP contribution in [-0.4, -0.2) is 50.3 Å². The van der Waals surface area contributed by atoms with Gasteiger partial charge in [-0.3, -0.25) is 9.59 Å². The molecule has 0 aromatic rings. The molecule has 0 fully saturated rings. The summed E-state index contributed by atoms with van der Waals surface area (Å²) in [6, 6.07) is 0. The smallest absolute Gasteiger partial charge is 0.316 e. The van der Waals surface area contributed by atoms with E-state index in [9.17, 15) is 9.59 Å². The van der Waals surface area contributed by atoms with Gasteiger partial charge in [0, 0.05) is 0 Å². The lowest BCUT2D eigenvalue weighted by atomic mass is 10.2. The van der Waals surface area contributed by atoms with Crippen LogP contribution in [0.2, 0.25) is 0 Å². The van der Waals surface area contributed by atoms with Crippen LogP contribution in [0.25, 0.3) is 0 Å². The van der Waals surface area contributed by atoms with E-state index in [1.54, 1.807) is 0 Å². The van der Waals surface area contributed by atoms with Crippen molar-refractivity contribution in [1.82, 2.24) is 0 Å². The highest BCUT2D eigenvalue weighted by atomic mass is 32.1. The first-order valence-corrected chi connectivity index (χ1v) is 5.78. The molecule has 17 heavy (non-hydrogen) atoms. The molecule has 0 aliphatic rings. The van der Waals surface area contributed by atoms with Gasteiger partial charge in [-0.05, 0) is 6.42 Å². The second-order valence-electron chi connectivity index (χ2n) is 3.43. The first-order chi connectivity index (χ1) is 7.84. The van der Waals surface area contributed by atoms with E-state index in [1.165, 1.54) is 0 Å². The second kappa shape index (κ2) is 11.7. The lowest BCUT2D eigenvalue weighted by molar-refractivity contribution is -0.142. The topological polar surface area (TPSA) is 115 Å². The number of hydrogen-bond acceptors (Lipinski definition) is 5. The maximum Gasteiger partial charge on any atom is 0.316 e. The van der Waals surface area contributed by atoms with Gasteiger partial charge in [0.1, 0.15) is 5.25 Å². The number of carbonyl (C=O) groups is 2. The molecule has 0 heterocycles. The summed E-state index contributed by atoms with van der Waals surface area (Å²) in [4.78, 5) is 19.7. The molecule has 6 nitrogen and oxygen atoms in total. The minimum Gasteiger partial charge on any atom is -0.481 e. The third-order valence-electron chi connectivity index (χ3n) is 1.75. The summed E-state index contributed by atoms with van der Waals surface area (Å²) in [7, 11) is 0. The van der Waals surface area contributed by atoms with E-state index in [0.29, 0.717) is 0 Å². The first kappa shape index (κ1) is 18.6. The molecule has 102 valence electrons. The van der Waals surface area contributed by atoms with Crippen molar-refractivity contribution in [2.45, 2.75) is 44.0 Å². The molecule has 0 saturated carbocycles. The number of aliphatic hydroxyl groups is 2. The Balaban J connectivity index is 0. The number of carboxylic acids is 2. The zero-order valence-electron chi connectivity index (χ0n) is 9.74. The van der Waals surface area contributed by atoms with Gasteiger partial charge in [0.05, 0.1) is 19.1 Å². The Labute approximate surface area is 106 Å². The Kier molecular flexibility index (Phi) is 12.8. The first-order valence-electron chi connectivity index (χ1n) is 5.26. The average Bonchev–Trinajstić information content (AvgIpc) is 2.25. The number of unbranched alkanes of at least 4 members (excludes halogenated alkanes) is 1. The van der Waals surface area contributed by atoms with Gasteiger partial charge in [-0.15, -0.1) is 0 Å². The van der Waals surface area contributed by atoms with Crippen LogP contribution >= 0.6 is 12.6 Å². The van der Waals surface area contributed by atoms with Gasteiger partial charge >= 0.3 is 11.9 Å². The summed E-state index contributed by atoms with van der Waals surface area (Å²) in [5.74, 6) is -2.36. The minimum absolute atomic E-state index is 0.0972. The van der Waals surface area contributed by atoms with E-state index in [2.05, 4.69) is 19.6 Å². The van der Waals surface area contributed by atoms with E-state index in [0.717, 1.165) is 19.3 Å². The van der Waals surface area contributed by atoms with Crippen LogP contribution in [0.15, 0.2) is 0 Å². The van der Waals surface area contributed by atoms with Crippen molar-refractivity contribution in [3.63, 3.8) is 0 Å². The molecule has 2 unspecified atom stereocenters. The van der Waals surface area contributed by atoms with Crippen LogP contribution in [-0.2, 0) is 9.59 Å². The molecule has 0 aliphatic carbocycles. The molecule has 0 spiro atoms. The maximum atomic E-state index is 9.90. The Morgan fingerprint density at radius 1 is 1.29 bits per heavy atom. The SMILES string of the molecule is CCCCC(O)CO.O=C(O)CC(S)C(=O)O. The predicted molar refractivity (Wildman–Crippen MR) is 65.3 cm³/mol. The van der Waals surface area contributed by atoms with E-state index >= 15 is 0 Å². The number of carboxylic acid groups (broad SMARTS) is 2. The third kappa shape index (κ3) is 15.2. The zero-order chi connectivity index (χ0) is 13.8. The standard InChI is InChI=1S/C6H14O2.C4H6O4S/c1-2-3-4-6(8)5-7;5-3(6)1-2(9)4(7)8/h6-8H,2-5H2,1H3;2,9H,1H2,(H,5,6)(H,7,8).